The second-order valence-electron chi connectivity index (χ2n) is 4.94. The van der Waals surface area contributed by atoms with Crippen LogP contribution in [0.15, 0.2) is 0 Å². The standard InChI is InChI=1S/C13H21NO3S/c1-2-17-13(16)10-4-3-6-14(8-10)12(15)11-5-7-18-9-11/h10-11H,2-9H2,1H3/t10-,11?/m1/s1. The van der Waals surface area contributed by atoms with Crippen molar-refractivity contribution in [2.45, 2.75) is 26.2 Å². The summed E-state index contributed by atoms with van der Waals surface area (Å²) < 4.78 is 5.05. The van der Waals surface area contributed by atoms with Crippen molar-refractivity contribution in [3.8, 4) is 0 Å². The molecule has 102 valence electrons. The molecule has 0 bridgehead atoms. The summed E-state index contributed by atoms with van der Waals surface area (Å²) in [6, 6.07) is 0. The van der Waals surface area contributed by atoms with E-state index in [0.29, 0.717) is 13.2 Å². The van der Waals surface area contributed by atoms with Crippen LogP contribution in [0.4, 0.5) is 0 Å². The van der Waals surface area contributed by atoms with Gasteiger partial charge >= 0.3 is 5.97 Å². The van der Waals surface area contributed by atoms with E-state index < -0.39 is 0 Å². The number of rotatable bonds is 3. The van der Waals surface area contributed by atoms with Gasteiger partial charge in [-0.2, -0.15) is 11.8 Å². The van der Waals surface area contributed by atoms with Crippen molar-refractivity contribution in [1.82, 2.24) is 4.90 Å². The van der Waals surface area contributed by atoms with Crippen LogP contribution in [0.25, 0.3) is 0 Å². The Morgan fingerprint density at radius 2 is 2.17 bits per heavy atom. The number of hydrogen-bond acceptors (Lipinski definition) is 4. The third kappa shape index (κ3) is 3.19. The predicted octanol–water partition coefficient (Wildman–Crippen LogP) is 1.54. The maximum Gasteiger partial charge on any atom is 0.310 e. The van der Waals surface area contributed by atoms with Crippen LogP contribution in [0.3, 0.4) is 0 Å². The summed E-state index contributed by atoms with van der Waals surface area (Å²) in [6.45, 7) is 3.59. The molecule has 2 saturated heterocycles. The second kappa shape index (κ2) is 6.45. The number of likely N-dealkylation sites (tertiary alicyclic amines) is 1. The highest BCUT2D eigenvalue weighted by Crippen LogP contribution is 2.27. The molecule has 4 nitrogen and oxygen atoms in total. The molecular formula is C13H21NO3S. The van der Waals surface area contributed by atoms with E-state index in [9.17, 15) is 9.59 Å². The average Bonchev–Trinajstić information content (AvgIpc) is 2.92. The van der Waals surface area contributed by atoms with Crippen molar-refractivity contribution >= 4 is 23.6 Å². The number of esters is 1. The Kier molecular flexibility index (Phi) is 4.92. The first-order valence-corrected chi connectivity index (χ1v) is 7.91. The summed E-state index contributed by atoms with van der Waals surface area (Å²) in [7, 11) is 0. The molecular weight excluding hydrogens is 250 g/mol. The zero-order chi connectivity index (χ0) is 13.0. The highest BCUT2D eigenvalue weighted by Gasteiger charge is 2.33. The monoisotopic (exact) mass is 271 g/mol. The van der Waals surface area contributed by atoms with Crippen LogP contribution in [-0.2, 0) is 14.3 Å². The van der Waals surface area contributed by atoms with Crippen molar-refractivity contribution in [2.24, 2.45) is 11.8 Å². The van der Waals surface area contributed by atoms with E-state index >= 15 is 0 Å². The fourth-order valence-corrected chi connectivity index (χ4v) is 3.83. The molecule has 1 unspecified atom stereocenters. The van der Waals surface area contributed by atoms with E-state index in [2.05, 4.69) is 0 Å². The third-order valence-electron chi connectivity index (χ3n) is 3.63. The molecule has 0 aliphatic carbocycles. The Labute approximate surface area is 112 Å². The molecule has 0 spiro atoms. The number of thioether (sulfide) groups is 1. The molecule has 2 rings (SSSR count). The number of piperidine rings is 1. The van der Waals surface area contributed by atoms with Gasteiger partial charge in [0.05, 0.1) is 12.5 Å². The van der Waals surface area contributed by atoms with E-state index in [1.807, 2.05) is 23.6 Å². The molecule has 0 N–H and O–H groups in total. The van der Waals surface area contributed by atoms with Gasteiger partial charge in [0.25, 0.3) is 0 Å². The van der Waals surface area contributed by atoms with Gasteiger partial charge in [0.1, 0.15) is 0 Å². The lowest BCUT2D eigenvalue weighted by atomic mass is 9.96. The number of amides is 1. The van der Waals surface area contributed by atoms with E-state index in [1.165, 1.54) is 0 Å². The van der Waals surface area contributed by atoms with E-state index in [-0.39, 0.29) is 23.7 Å². The number of hydrogen-bond donors (Lipinski definition) is 0. The van der Waals surface area contributed by atoms with Gasteiger partial charge in [-0.05, 0) is 31.9 Å². The van der Waals surface area contributed by atoms with Crippen molar-refractivity contribution < 1.29 is 14.3 Å². The summed E-state index contributed by atoms with van der Waals surface area (Å²) in [4.78, 5) is 25.9. The van der Waals surface area contributed by atoms with Gasteiger partial charge in [-0.3, -0.25) is 9.59 Å². The van der Waals surface area contributed by atoms with Gasteiger partial charge in [-0.1, -0.05) is 0 Å². The Morgan fingerprint density at radius 3 is 2.83 bits per heavy atom. The predicted molar refractivity (Wildman–Crippen MR) is 71.4 cm³/mol. The molecule has 2 heterocycles. The average molecular weight is 271 g/mol. The van der Waals surface area contributed by atoms with E-state index in [0.717, 1.165) is 37.3 Å². The molecule has 5 heteroatoms. The molecule has 2 aliphatic rings. The molecule has 1 amide bonds. The van der Waals surface area contributed by atoms with Gasteiger partial charge < -0.3 is 9.64 Å². The number of ether oxygens (including phenoxy) is 1. The molecule has 2 aliphatic heterocycles. The van der Waals surface area contributed by atoms with Crippen LogP contribution < -0.4 is 0 Å². The maximum atomic E-state index is 12.3. The first-order chi connectivity index (χ1) is 8.72. The molecule has 0 aromatic heterocycles. The van der Waals surface area contributed by atoms with Crippen molar-refractivity contribution in [3.05, 3.63) is 0 Å². The minimum absolute atomic E-state index is 0.114. The van der Waals surface area contributed by atoms with Gasteiger partial charge in [0, 0.05) is 24.8 Å². The lowest BCUT2D eigenvalue weighted by Crippen LogP contribution is -2.45. The molecule has 18 heavy (non-hydrogen) atoms. The van der Waals surface area contributed by atoms with Crippen LogP contribution in [0.5, 0.6) is 0 Å². The Hall–Kier alpha value is -0.710. The number of carbonyl (C=O) groups excluding carboxylic acids is 2. The molecule has 2 atom stereocenters. The molecule has 0 aromatic carbocycles. The lowest BCUT2D eigenvalue weighted by molar-refractivity contribution is -0.151. The molecule has 2 fully saturated rings. The van der Waals surface area contributed by atoms with Gasteiger partial charge in [0.15, 0.2) is 0 Å². The van der Waals surface area contributed by atoms with Crippen molar-refractivity contribution in [2.75, 3.05) is 31.2 Å². The highest BCUT2D eigenvalue weighted by atomic mass is 32.2. The van der Waals surface area contributed by atoms with Gasteiger partial charge in [0.2, 0.25) is 5.91 Å². The first kappa shape index (κ1) is 13.7. The second-order valence-corrected chi connectivity index (χ2v) is 6.09. The minimum atomic E-state index is -0.143. The lowest BCUT2D eigenvalue weighted by Gasteiger charge is -2.33. The maximum absolute atomic E-state index is 12.3. The SMILES string of the molecule is CCOC(=O)[C@@H]1CCCN(C(=O)C2CCSC2)C1. The van der Waals surface area contributed by atoms with Crippen LogP contribution in [0.2, 0.25) is 0 Å². The van der Waals surface area contributed by atoms with Crippen LogP contribution in [0, 0.1) is 11.8 Å². The highest BCUT2D eigenvalue weighted by molar-refractivity contribution is 7.99. The topological polar surface area (TPSA) is 46.6 Å². The van der Waals surface area contributed by atoms with Crippen LogP contribution >= 0.6 is 11.8 Å². The summed E-state index contributed by atoms with van der Waals surface area (Å²) in [5, 5.41) is 0. The van der Waals surface area contributed by atoms with Crippen LogP contribution in [0.1, 0.15) is 26.2 Å². The largest absolute Gasteiger partial charge is 0.466 e. The first-order valence-electron chi connectivity index (χ1n) is 6.75. The normalized spacial score (nSPS) is 28.2. The fraction of sp³-hybridized carbons (Fsp3) is 0.846. The summed E-state index contributed by atoms with van der Waals surface area (Å²) >= 11 is 1.85. The zero-order valence-corrected chi connectivity index (χ0v) is 11.7. The Bertz CT molecular complexity index is 315. The Morgan fingerprint density at radius 1 is 1.33 bits per heavy atom. The van der Waals surface area contributed by atoms with Crippen LogP contribution in [-0.4, -0.2) is 48.0 Å². The molecule has 0 saturated carbocycles. The van der Waals surface area contributed by atoms with Crippen molar-refractivity contribution in [3.63, 3.8) is 0 Å². The van der Waals surface area contributed by atoms with E-state index in [4.69, 9.17) is 4.74 Å². The molecule has 0 aromatic rings. The minimum Gasteiger partial charge on any atom is -0.466 e. The number of nitrogens with zero attached hydrogens (tertiary/aromatic N) is 1. The van der Waals surface area contributed by atoms with Gasteiger partial charge in [-0.15, -0.1) is 0 Å². The Balaban J connectivity index is 1.89. The zero-order valence-electron chi connectivity index (χ0n) is 10.9. The quantitative estimate of drug-likeness (QED) is 0.731. The van der Waals surface area contributed by atoms with Gasteiger partial charge in [-0.25, -0.2) is 0 Å². The number of carbonyl (C=O) groups is 2. The smallest absolute Gasteiger partial charge is 0.310 e. The summed E-state index contributed by atoms with van der Waals surface area (Å²) in [5.74, 6) is 2.20. The van der Waals surface area contributed by atoms with Crippen molar-refractivity contribution in [1.29, 1.82) is 0 Å². The fourth-order valence-electron chi connectivity index (χ4n) is 2.62. The molecule has 0 radical (unpaired) electrons. The summed E-state index contributed by atoms with van der Waals surface area (Å²) in [5.41, 5.74) is 0. The summed E-state index contributed by atoms with van der Waals surface area (Å²) in [6.07, 6.45) is 2.75. The van der Waals surface area contributed by atoms with E-state index in [1.54, 1.807) is 0 Å². The third-order valence-corrected chi connectivity index (χ3v) is 4.79.